The van der Waals surface area contributed by atoms with Crippen LogP contribution in [0, 0.1) is 26.2 Å². The topological polar surface area (TPSA) is 77.7 Å². The van der Waals surface area contributed by atoms with Crippen molar-refractivity contribution in [3.05, 3.63) is 52.3 Å². The largest absolute Gasteiger partial charge is 0.497 e. The Morgan fingerprint density at radius 3 is 2.58 bits per heavy atom. The molecular formula is C23H24N2O4S2. The van der Waals surface area contributed by atoms with E-state index in [9.17, 15) is 13.2 Å². The van der Waals surface area contributed by atoms with E-state index in [1.54, 1.807) is 12.1 Å². The van der Waals surface area contributed by atoms with Gasteiger partial charge in [0.1, 0.15) is 5.75 Å². The first kappa shape index (κ1) is 22.8. The minimum absolute atomic E-state index is 0.0394. The molecule has 0 fully saturated rings. The number of carbonyl (C=O) groups excluding carboxylic acids is 1. The number of methoxy groups -OCH3 is 1. The normalized spacial score (nSPS) is 12.1. The summed E-state index contributed by atoms with van der Waals surface area (Å²) < 4.78 is 32.9. The monoisotopic (exact) mass is 456 g/mol. The number of sulfone groups is 1. The average molecular weight is 457 g/mol. The van der Waals surface area contributed by atoms with E-state index in [1.807, 2.05) is 24.5 Å². The number of thiazole rings is 1. The molecule has 0 bridgehead atoms. The summed E-state index contributed by atoms with van der Waals surface area (Å²) in [5.74, 6) is 2.71. The van der Waals surface area contributed by atoms with E-state index >= 15 is 0 Å². The number of nitrogens with zero attached hydrogens (tertiary/aromatic N) is 2. The zero-order valence-electron chi connectivity index (χ0n) is 17.7. The molecule has 0 spiro atoms. The van der Waals surface area contributed by atoms with Crippen molar-refractivity contribution in [1.29, 1.82) is 0 Å². The Morgan fingerprint density at radius 2 is 1.94 bits per heavy atom. The van der Waals surface area contributed by atoms with Gasteiger partial charge in [0.2, 0.25) is 5.91 Å². The highest BCUT2D eigenvalue weighted by atomic mass is 32.2. The molecule has 8 heteroatoms. The first-order valence-corrected chi connectivity index (χ1v) is 12.2. The predicted molar refractivity (Wildman–Crippen MR) is 123 cm³/mol. The number of hydrogen-bond acceptors (Lipinski definition) is 5. The van der Waals surface area contributed by atoms with Gasteiger partial charge >= 0.3 is 0 Å². The molecule has 1 aromatic heterocycles. The third kappa shape index (κ3) is 5.24. The quantitative estimate of drug-likeness (QED) is 0.509. The highest BCUT2D eigenvalue weighted by molar-refractivity contribution is 7.91. The minimum atomic E-state index is -3.48. The van der Waals surface area contributed by atoms with Gasteiger partial charge in [-0.15, -0.1) is 6.42 Å². The molecule has 3 aromatic rings. The maximum atomic E-state index is 12.5. The standard InChI is InChI=1S/C23H24N2O4S2/c1-5-12-25-20-15-16(2)14-17(3)22(20)30-23(25)24-21(26)7-6-13-31(27,28)19-10-8-18(29-4)9-11-19/h1,8-11,14-15H,6-7,12-13H2,2-4H3. The minimum Gasteiger partial charge on any atom is -0.497 e. The van der Waals surface area contributed by atoms with Crippen molar-refractivity contribution in [3.63, 3.8) is 0 Å². The molecular weight excluding hydrogens is 432 g/mol. The molecule has 0 saturated heterocycles. The van der Waals surface area contributed by atoms with E-state index in [0.29, 0.717) is 17.1 Å². The molecule has 0 radical (unpaired) electrons. The summed E-state index contributed by atoms with van der Waals surface area (Å²) in [7, 11) is -1.96. The summed E-state index contributed by atoms with van der Waals surface area (Å²) in [5.41, 5.74) is 3.16. The lowest BCUT2D eigenvalue weighted by molar-refractivity contribution is -0.118. The van der Waals surface area contributed by atoms with Crippen LogP contribution in [-0.2, 0) is 21.2 Å². The van der Waals surface area contributed by atoms with Crippen molar-refractivity contribution < 1.29 is 17.9 Å². The lowest BCUT2D eigenvalue weighted by Gasteiger charge is -2.05. The Bertz CT molecular complexity index is 1320. The molecule has 1 amide bonds. The number of amides is 1. The summed E-state index contributed by atoms with van der Waals surface area (Å²) in [6.45, 7) is 4.33. The van der Waals surface area contributed by atoms with Crippen molar-refractivity contribution in [2.45, 2.75) is 38.1 Å². The summed E-state index contributed by atoms with van der Waals surface area (Å²) in [5, 5.41) is 0. The molecule has 6 nitrogen and oxygen atoms in total. The Hall–Kier alpha value is -2.89. The van der Waals surface area contributed by atoms with Gasteiger partial charge in [-0.1, -0.05) is 23.3 Å². The van der Waals surface area contributed by atoms with Crippen molar-refractivity contribution in [3.8, 4) is 18.1 Å². The van der Waals surface area contributed by atoms with E-state index in [0.717, 1.165) is 21.3 Å². The number of aryl methyl sites for hydroxylation is 2. The number of ether oxygens (including phenoxy) is 1. The number of benzene rings is 2. The van der Waals surface area contributed by atoms with E-state index in [4.69, 9.17) is 11.2 Å². The molecule has 0 N–H and O–H groups in total. The van der Waals surface area contributed by atoms with Crippen molar-refractivity contribution >= 4 is 37.3 Å². The van der Waals surface area contributed by atoms with Gasteiger partial charge in [0.15, 0.2) is 14.6 Å². The molecule has 0 aliphatic carbocycles. The van der Waals surface area contributed by atoms with Crippen LogP contribution in [0.4, 0.5) is 0 Å². The molecule has 1 heterocycles. The summed E-state index contributed by atoms with van der Waals surface area (Å²) in [4.78, 5) is 17.4. The SMILES string of the molecule is C#CCn1c(=NC(=O)CCCS(=O)(=O)c2ccc(OC)cc2)sc2c(C)cc(C)cc21. The lowest BCUT2D eigenvalue weighted by Crippen LogP contribution is -2.17. The van der Waals surface area contributed by atoms with Gasteiger partial charge in [0.25, 0.3) is 0 Å². The summed E-state index contributed by atoms with van der Waals surface area (Å²) in [6, 6.07) is 10.3. The van der Waals surface area contributed by atoms with Gasteiger partial charge in [-0.05, 0) is 61.7 Å². The number of aromatic nitrogens is 1. The van der Waals surface area contributed by atoms with Crippen LogP contribution >= 0.6 is 11.3 Å². The van der Waals surface area contributed by atoms with Gasteiger partial charge in [-0.25, -0.2) is 8.42 Å². The number of rotatable bonds is 7. The van der Waals surface area contributed by atoms with Crippen LogP contribution in [0.3, 0.4) is 0 Å². The first-order valence-electron chi connectivity index (χ1n) is 9.73. The van der Waals surface area contributed by atoms with Crippen LogP contribution in [0.25, 0.3) is 10.2 Å². The van der Waals surface area contributed by atoms with Crippen molar-refractivity contribution in [1.82, 2.24) is 4.57 Å². The first-order chi connectivity index (χ1) is 14.7. The third-order valence-electron chi connectivity index (χ3n) is 4.81. The number of hydrogen-bond donors (Lipinski definition) is 0. The number of fused-ring (bicyclic) bond motifs is 1. The fourth-order valence-corrected chi connectivity index (χ4v) is 5.73. The highest BCUT2D eigenvalue weighted by Gasteiger charge is 2.16. The fraction of sp³-hybridized carbons (Fsp3) is 0.304. The second-order valence-corrected chi connectivity index (χ2v) is 10.3. The smallest absolute Gasteiger partial charge is 0.248 e. The molecule has 0 unspecified atom stereocenters. The Morgan fingerprint density at radius 1 is 1.23 bits per heavy atom. The van der Waals surface area contributed by atoms with Crippen LogP contribution in [-0.4, -0.2) is 31.8 Å². The van der Waals surface area contributed by atoms with Crippen LogP contribution in [0.1, 0.15) is 24.0 Å². The van der Waals surface area contributed by atoms with E-state index in [-0.39, 0.29) is 29.4 Å². The Kier molecular flexibility index (Phi) is 6.98. The fourth-order valence-electron chi connectivity index (χ4n) is 3.32. The third-order valence-corrected chi connectivity index (χ3v) is 7.85. The highest BCUT2D eigenvalue weighted by Crippen LogP contribution is 2.23. The Labute approximate surface area is 186 Å². The molecule has 0 atom stereocenters. The zero-order valence-corrected chi connectivity index (χ0v) is 19.3. The molecule has 0 aliphatic heterocycles. The zero-order chi connectivity index (χ0) is 22.6. The number of terminal acetylenes is 1. The number of carbonyl (C=O) groups is 1. The van der Waals surface area contributed by atoms with Crippen LogP contribution in [0.15, 0.2) is 46.3 Å². The second kappa shape index (κ2) is 9.50. The molecule has 162 valence electrons. The average Bonchev–Trinajstić information content (AvgIpc) is 3.05. The maximum Gasteiger partial charge on any atom is 0.248 e. The van der Waals surface area contributed by atoms with E-state index in [1.165, 1.54) is 30.6 Å². The van der Waals surface area contributed by atoms with Crippen molar-refractivity contribution in [2.24, 2.45) is 4.99 Å². The van der Waals surface area contributed by atoms with Crippen LogP contribution in [0.2, 0.25) is 0 Å². The second-order valence-electron chi connectivity index (χ2n) is 7.21. The van der Waals surface area contributed by atoms with Gasteiger partial charge in [-0.2, -0.15) is 4.99 Å². The lowest BCUT2D eigenvalue weighted by atomic mass is 10.1. The van der Waals surface area contributed by atoms with Gasteiger partial charge in [0, 0.05) is 6.42 Å². The van der Waals surface area contributed by atoms with Gasteiger partial charge in [0.05, 0.1) is 34.5 Å². The van der Waals surface area contributed by atoms with Crippen LogP contribution in [0.5, 0.6) is 5.75 Å². The van der Waals surface area contributed by atoms with Crippen molar-refractivity contribution in [2.75, 3.05) is 12.9 Å². The van der Waals surface area contributed by atoms with Gasteiger partial charge in [-0.3, -0.25) is 4.79 Å². The molecule has 0 aliphatic rings. The Balaban J connectivity index is 1.77. The maximum absolute atomic E-state index is 12.5. The molecule has 2 aromatic carbocycles. The predicted octanol–water partition coefficient (Wildman–Crippen LogP) is 3.64. The molecule has 31 heavy (non-hydrogen) atoms. The van der Waals surface area contributed by atoms with Gasteiger partial charge < -0.3 is 9.30 Å². The summed E-state index contributed by atoms with van der Waals surface area (Å²) >= 11 is 1.42. The van der Waals surface area contributed by atoms with E-state index in [2.05, 4.69) is 17.0 Å². The summed E-state index contributed by atoms with van der Waals surface area (Å²) in [6.07, 6.45) is 5.75. The molecule has 3 rings (SSSR count). The molecule has 0 saturated carbocycles. The van der Waals surface area contributed by atoms with E-state index < -0.39 is 9.84 Å². The van der Waals surface area contributed by atoms with Crippen LogP contribution < -0.4 is 9.54 Å².